The predicted molar refractivity (Wildman–Crippen MR) is 139 cm³/mol. The molecule has 1 amide bonds. The summed E-state index contributed by atoms with van der Waals surface area (Å²) in [5, 5.41) is 3.28. The molecule has 35 heavy (non-hydrogen) atoms. The Morgan fingerprint density at radius 2 is 1.37 bits per heavy atom. The van der Waals surface area contributed by atoms with Gasteiger partial charge in [0.15, 0.2) is 0 Å². The van der Waals surface area contributed by atoms with E-state index < -0.39 is 22.5 Å². The van der Waals surface area contributed by atoms with E-state index in [1.165, 1.54) is 18.2 Å². The molecule has 9 heteroatoms. The highest BCUT2D eigenvalue weighted by Gasteiger charge is 2.27. The number of rotatable bonds is 8. The first-order valence-electron chi connectivity index (χ1n) is 10.5. The SMILES string of the molecule is O=C(CN(c1ccc(Oc2ccccc2)cc1)S(=O)(=O)c1ccccc1)Nc1ccc(Cl)c(Cl)c1. The van der Waals surface area contributed by atoms with Crippen LogP contribution in [0.3, 0.4) is 0 Å². The molecule has 0 unspecified atom stereocenters. The van der Waals surface area contributed by atoms with E-state index in [4.69, 9.17) is 27.9 Å². The maximum absolute atomic E-state index is 13.5. The number of amides is 1. The van der Waals surface area contributed by atoms with E-state index in [0.29, 0.717) is 27.9 Å². The van der Waals surface area contributed by atoms with Gasteiger partial charge in [-0.15, -0.1) is 0 Å². The number of hydrogen-bond donors (Lipinski definition) is 1. The second-order valence-corrected chi connectivity index (χ2v) is 10.1. The first kappa shape index (κ1) is 24.6. The highest BCUT2D eigenvalue weighted by atomic mass is 35.5. The summed E-state index contributed by atoms with van der Waals surface area (Å²) in [4.78, 5) is 12.9. The van der Waals surface area contributed by atoms with Gasteiger partial charge in [-0.3, -0.25) is 9.10 Å². The first-order valence-corrected chi connectivity index (χ1v) is 12.7. The van der Waals surface area contributed by atoms with Crippen LogP contribution in [0.4, 0.5) is 11.4 Å². The molecule has 4 rings (SSSR count). The third-order valence-corrected chi connectivity index (χ3v) is 7.45. The van der Waals surface area contributed by atoms with Gasteiger partial charge in [0.1, 0.15) is 18.0 Å². The monoisotopic (exact) mass is 526 g/mol. The molecular weight excluding hydrogens is 507 g/mol. The van der Waals surface area contributed by atoms with Crippen LogP contribution in [0.15, 0.2) is 108 Å². The molecule has 4 aromatic rings. The lowest BCUT2D eigenvalue weighted by molar-refractivity contribution is -0.114. The highest BCUT2D eigenvalue weighted by Crippen LogP contribution is 2.29. The van der Waals surface area contributed by atoms with E-state index in [2.05, 4.69) is 5.32 Å². The number of hydrogen-bond acceptors (Lipinski definition) is 4. The summed E-state index contributed by atoms with van der Waals surface area (Å²) in [6.07, 6.45) is 0. The highest BCUT2D eigenvalue weighted by molar-refractivity contribution is 7.92. The molecule has 6 nitrogen and oxygen atoms in total. The molecule has 0 aliphatic carbocycles. The van der Waals surface area contributed by atoms with E-state index >= 15 is 0 Å². The summed E-state index contributed by atoms with van der Waals surface area (Å²) in [5.41, 5.74) is 0.701. The number of anilines is 2. The molecule has 0 heterocycles. The minimum atomic E-state index is -4.04. The summed E-state index contributed by atoms with van der Waals surface area (Å²) >= 11 is 12.0. The van der Waals surface area contributed by atoms with Crippen molar-refractivity contribution in [2.75, 3.05) is 16.2 Å². The van der Waals surface area contributed by atoms with Crippen LogP contribution < -0.4 is 14.4 Å². The third kappa shape index (κ3) is 6.14. The Kier molecular flexibility index (Phi) is 7.60. The van der Waals surface area contributed by atoms with E-state index in [0.717, 1.165) is 4.31 Å². The number of para-hydroxylation sites is 1. The van der Waals surface area contributed by atoms with Gasteiger partial charge in [-0.25, -0.2) is 8.42 Å². The van der Waals surface area contributed by atoms with E-state index in [9.17, 15) is 13.2 Å². The molecule has 0 aliphatic heterocycles. The van der Waals surface area contributed by atoms with Crippen LogP contribution in [0.2, 0.25) is 10.0 Å². The maximum atomic E-state index is 13.5. The van der Waals surface area contributed by atoms with Crippen LogP contribution in [-0.4, -0.2) is 20.9 Å². The fourth-order valence-corrected chi connectivity index (χ4v) is 4.98. The van der Waals surface area contributed by atoms with Crippen LogP contribution in [0.25, 0.3) is 0 Å². The van der Waals surface area contributed by atoms with Crippen LogP contribution in [0.5, 0.6) is 11.5 Å². The summed E-state index contributed by atoms with van der Waals surface area (Å²) in [6, 6.07) is 28.2. The Hall–Kier alpha value is -3.52. The third-order valence-electron chi connectivity index (χ3n) is 4.93. The first-order chi connectivity index (χ1) is 16.8. The molecule has 178 valence electrons. The van der Waals surface area contributed by atoms with E-state index in [-0.39, 0.29) is 9.92 Å². The molecule has 0 bridgehead atoms. The number of carbonyl (C=O) groups is 1. The Balaban J connectivity index is 1.61. The fourth-order valence-electron chi connectivity index (χ4n) is 3.24. The van der Waals surface area contributed by atoms with Crippen molar-refractivity contribution in [1.29, 1.82) is 0 Å². The second-order valence-electron chi connectivity index (χ2n) is 7.41. The molecular formula is C26H20Cl2N2O4S. The topological polar surface area (TPSA) is 75.7 Å². The second kappa shape index (κ2) is 10.8. The average molecular weight is 527 g/mol. The van der Waals surface area contributed by atoms with Gasteiger partial charge in [-0.05, 0) is 66.7 Å². The van der Waals surface area contributed by atoms with Crippen LogP contribution >= 0.6 is 23.2 Å². The number of carbonyl (C=O) groups excluding carboxylic acids is 1. The standard InChI is InChI=1S/C26H20Cl2N2O4S/c27-24-16-11-19(17-25(24)28)29-26(31)18-30(35(32,33)23-9-5-2-6-10-23)20-12-14-22(15-13-20)34-21-7-3-1-4-8-21/h1-17H,18H2,(H,29,31). The Labute approximate surface area is 213 Å². The van der Waals surface area contributed by atoms with Gasteiger partial charge in [0.25, 0.3) is 10.0 Å². The summed E-state index contributed by atoms with van der Waals surface area (Å²) in [6.45, 7) is -0.462. The maximum Gasteiger partial charge on any atom is 0.264 e. The molecule has 0 radical (unpaired) electrons. The van der Waals surface area contributed by atoms with E-state index in [1.54, 1.807) is 54.6 Å². The molecule has 0 aliphatic rings. The molecule has 0 spiro atoms. The van der Waals surface area contributed by atoms with Crippen molar-refractivity contribution in [3.05, 3.63) is 113 Å². The van der Waals surface area contributed by atoms with Gasteiger partial charge in [0, 0.05) is 5.69 Å². The van der Waals surface area contributed by atoms with Crippen molar-refractivity contribution in [2.45, 2.75) is 4.90 Å². The number of nitrogens with one attached hydrogen (secondary N) is 1. The van der Waals surface area contributed by atoms with Crippen molar-refractivity contribution >= 4 is 50.5 Å². The fraction of sp³-hybridized carbons (Fsp3) is 0.0385. The summed E-state index contributed by atoms with van der Waals surface area (Å²) in [5.74, 6) is 0.625. The van der Waals surface area contributed by atoms with Crippen LogP contribution in [0.1, 0.15) is 0 Å². The van der Waals surface area contributed by atoms with Gasteiger partial charge in [-0.1, -0.05) is 59.6 Å². The average Bonchev–Trinajstić information content (AvgIpc) is 2.86. The lowest BCUT2D eigenvalue weighted by Gasteiger charge is -2.24. The zero-order chi connectivity index (χ0) is 24.8. The van der Waals surface area contributed by atoms with Crippen molar-refractivity contribution < 1.29 is 17.9 Å². The number of halogens is 2. The van der Waals surface area contributed by atoms with Gasteiger partial charge in [-0.2, -0.15) is 0 Å². The summed E-state index contributed by atoms with van der Waals surface area (Å²) < 4.78 is 33.8. The molecule has 0 saturated carbocycles. The molecule has 0 fully saturated rings. The van der Waals surface area contributed by atoms with Gasteiger partial charge in [0.2, 0.25) is 5.91 Å². The number of nitrogens with zero attached hydrogens (tertiary/aromatic N) is 1. The normalized spacial score (nSPS) is 11.0. The number of sulfonamides is 1. The minimum absolute atomic E-state index is 0.0620. The molecule has 0 aromatic heterocycles. The van der Waals surface area contributed by atoms with Crippen LogP contribution in [0, 0.1) is 0 Å². The van der Waals surface area contributed by atoms with Gasteiger partial charge >= 0.3 is 0 Å². The lowest BCUT2D eigenvalue weighted by Crippen LogP contribution is -2.38. The molecule has 1 N–H and O–H groups in total. The predicted octanol–water partition coefficient (Wildman–Crippen LogP) is 6.62. The molecule has 4 aromatic carbocycles. The van der Waals surface area contributed by atoms with Crippen LogP contribution in [-0.2, 0) is 14.8 Å². The number of benzene rings is 4. The smallest absolute Gasteiger partial charge is 0.264 e. The Bertz CT molecular complexity index is 1420. The Morgan fingerprint density at radius 3 is 2.00 bits per heavy atom. The summed E-state index contributed by atoms with van der Waals surface area (Å²) in [7, 11) is -4.04. The zero-order valence-corrected chi connectivity index (χ0v) is 20.6. The number of ether oxygens (including phenoxy) is 1. The molecule has 0 saturated heterocycles. The van der Waals surface area contributed by atoms with Crippen molar-refractivity contribution in [3.63, 3.8) is 0 Å². The van der Waals surface area contributed by atoms with Crippen molar-refractivity contribution in [1.82, 2.24) is 0 Å². The Morgan fingerprint density at radius 1 is 0.771 bits per heavy atom. The minimum Gasteiger partial charge on any atom is -0.457 e. The lowest BCUT2D eigenvalue weighted by atomic mass is 10.3. The molecule has 0 atom stereocenters. The van der Waals surface area contributed by atoms with Gasteiger partial charge in [0.05, 0.1) is 20.6 Å². The quantitative estimate of drug-likeness (QED) is 0.280. The van der Waals surface area contributed by atoms with Crippen molar-refractivity contribution in [2.24, 2.45) is 0 Å². The van der Waals surface area contributed by atoms with Gasteiger partial charge < -0.3 is 10.1 Å². The van der Waals surface area contributed by atoms with E-state index in [1.807, 2.05) is 30.3 Å². The largest absolute Gasteiger partial charge is 0.457 e. The zero-order valence-electron chi connectivity index (χ0n) is 18.3. The van der Waals surface area contributed by atoms with Crippen molar-refractivity contribution in [3.8, 4) is 11.5 Å².